The van der Waals surface area contributed by atoms with Crippen LogP contribution in [0.5, 0.6) is 0 Å². The van der Waals surface area contributed by atoms with E-state index in [1.807, 2.05) is 0 Å². The maximum atomic E-state index is 4.76. The van der Waals surface area contributed by atoms with Gasteiger partial charge in [0, 0.05) is 21.9 Å². The molecule has 0 aliphatic carbocycles. The van der Waals surface area contributed by atoms with Gasteiger partial charge in [0.25, 0.3) is 0 Å². The van der Waals surface area contributed by atoms with Crippen molar-refractivity contribution in [2.45, 2.75) is 20.8 Å². The third-order valence-electron chi connectivity index (χ3n) is 3.47. The Balaban J connectivity index is 2.25. The Bertz CT molecular complexity index is 755. The fourth-order valence-electron chi connectivity index (χ4n) is 2.26. The quantitative estimate of drug-likeness (QED) is 0.637. The molecular weight excluding hydrogens is 300 g/mol. The molecule has 0 bridgehead atoms. The van der Waals surface area contributed by atoms with E-state index < -0.39 is 0 Å². The summed E-state index contributed by atoms with van der Waals surface area (Å²) >= 11 is 3.58. The molecule has 0 atom stereocenters. The van der Waals surface area contributed by atoms with Crippen molar-refractivity contribution >= 4 is 21.6 Å². The smallest absolute Gasteiger partial charge is 0.137 e. The van der Waals surface area contributed by atoms with Crippen molar-refractivity contribution in [2.75, 3.05) is 0 Å². The Labute approximate surface area is 121 Å². The van der Waals surface area contributed by atoms with E-state index >= 15 is 0 Å². The molecular formula is C16H15BrN2. The third kappa shape index (κ3) is 2.08. The van der Waals surface area contributed by atoms with Crippen LogP contribution in [0, 0.1) is 20.8 Å². The lowest BCUT2D eigenvalue weighted by molar-refractivity contribution is 1.09. The fraction of sp³-hybridized carbons (Fsp3) is 0.188. The molecule has 0 unspecified atom stereocenters. The zero-order chi connectivity index (χ0) is 13.6. The van der Waals surface area contributed by atoms with Gasteiger partial charge in [-0.15, -0.1) is 0 Å². The van der Waals surface area contributed by atoms with Gasteiger partial charge < -0.3 is 4.40 Å². The minimum absolute atomic E-state index is 0.994. The number of nitrogens with zero attached hydrogens (tertiary/aromatic N) is 2. The number of halogens is 1. The maximum absolute atomic E-state index is 4.76. The van der Waals surface area contributed by atoms with E-state index in [0.717, 1.165) is 15.8 Å². The topological polar surface area (TPSA) is 17.3 Å². The van der Waals surface area contributed by atoms with Crippen LogP contribution >= 0.6 is 15.9 Å². The first-order valence-corrected chi connectivity index (χ1v) is 7.07. The normalized spacial score (nSPS) is 11.2. The SMILES string of the molecule is Cc1ccc(-c2nc3cc(C)c(Br)cn3c2C)cc1. The van der Waals surface area contributed by atoms with Crippen molar-refractivity contribution in [3.05, 3.63) is 57.8 Å². The van der Waals surface area contributed by atoms with Gasteiger partial charge in [-0.25, -0.2) is 4.98 Å². The number of pyridine rings is 1. The Hall–Kier alpha value is -1.61. The maximum Gasteiger partial charge on any atom is 0.137 e. The summed E-state index contributed by atoms with van der Waals surface area (Å²) in [5.41, 5.74) is 6.85. The molecule has 0 saturated heterocycles. The van der Waals surface area contributed by atoms with Crippen LogP contribution in [0.4, 0.5) is 0 Å². The van der Waals surface area contributed by atoms with Gasteiger partial charge in [0.2, 0.25) is 0 Å². The van der Waals surface area contributed by atoms with Gasteiger partial charge in [-0.2, -0.15) is 0 Å². The van der Waals surface area contributed by atoms with E-state index in [0.29, 0.717) is 0 Å². The minimum Gasteiger partial charge on any atom is -0.303 e. The highest BCUT2D eigenvalue weighted by molar-refractivity contribution is 9.10. The zero-order valence-electron chi connectivity index (χ0n) is 11.2. The highest BCUT2D eigenvalue weighted by atomic mass is 79.9. The first-order chi connectivity index (χ1) is 9.06. The highest BCUT2D eigenvalue weighted by Crippen LogP contribution is 2.26. The molecule has 2 heterocycles. The van der Waals surface area contributed by atoms with Crippen LogP contribution in [0.1, 0.15) is 16.8 Å². The molecule has 0 spiro atoms. The summed E-state index contributed by atoms with van der Waals surface area (Å²) in [5, 5.41) is 0. The van der Waals surface area contributed by atoms with Crippen molar-refractivity contribution in [1.29, 1.82) is 0 Å². The Morgan fingerprint density at radius 3 is 2.42 bits per heavy atom. The van der Waals surface area contributed by atoms with Crippen LogP contribution in [0.15, 0.2) is 41.0 Å². The molecule has 0 amide bonds. The summed E-state index contributed by atoms with van der Waals surface area (Å²) in [5.74, 6) is 0. The van der Waals surface area contributed by atoms with Crippen molar-refractivity contribution < 1.29 is 0 Å². The average molecular weight is 315 g/mol. The van der Waals surface area contributed by atoms with Crippen LogP contribution in [0.2, 0.25) is 0 Å². The zero-order valence-corrected chi connectivity index (χ0v) is 12.8. The number of aromatic nitrogens is 2. The van der Waals surface area contributed by atoms with E-state index in [4.69, 9.17) is 4.98 Å². The molecule has 0 saturated carbocycles. The number of hydrogen-bond acceptors (Lipinski definition) is 1. The van der Waals surface area contributed by atoms with Gasteiger partial charge in [-0.3, -0.25) is 0 Å². The molecule has 3 aromatic rings. The molecule has 0 N–H and O–H groups in total. The Kier molecular flexibility index (Phi) is 2.94. The highest BCUT2D eigenvalue weighted by Gasteiger charge is 2.11. The number of benzene rings is 1. The number of aryl methyl sites for hydroxylation is 3. The van der Waals surface area contributed by atoms with Gasteiger partial charge in [0.15, 0.2) is 0 Å². The summed E-state index contributed by atoms with van der Waals surface area (Å²) < 4.78 is 3.24. The number of imidazole rings is 1. The summed E-state index contributed by atoms with van der Waals surface area (Å²) in [7, 11) is 0. The van der Waals surface area contributed by atoms with E-state index in [2.05, 4.69) is 77.6 Å². The van der Waals surface area contributed by atoms with E-state index in [-0.39, 0.29) is 0 Å². The second-order valence-corrected chi connectivity index (χ2v) is 5.80. The minimum atomic E-state index is 0.994. The number of fused-ring (bicyclic) bond motifs is 1. The molecule has 0 aliphatic rings. The molecule has 19 heavy (non-hydrogen) atoms. The molecule has 96 valence electrons. The van der Waals surface area contributed by atoms with E-state index in [1.54, 1.807) is 0 Å². The first-order valence-electron chi connectivity index (χ1n) is 6.28. The first kappa shape index (κ1) is 12.4. The number of rotatable bonds is 1. The van der Waals surface area contributed by atoms with Crippen molar-refractivity contribution in [2.24, 2.45) is 0 Å². The summed E-state index contributed by atoms with van der Waals surface area (Å²) in [6.07, 6.45) is 2.09. The van der Waals surface area contributed by atoms with Crippen LogP contribution in [0.3, 0.4) is 0 Å². The number of hydrogen-bond donors (Lipinski definition) is 0. The molecule has 0 radical (unpaired) electrons. The molecule has 0 aliphatic heterocycles. The fourth-order valence-corrected chi connectivity index (χ4v) is 2.58. The summed E-state index contributed by atoms with van der Waals surface area (Å²) in [6, 6.07) is 10.6. The predicted octanol–water partition coefficient (Wildman–Crippen LogP) is 4.69. The predicted molar refractivity (Wildman–Crippen MR) is 82.5 cm³/mol. The van der Waals surface area contributed by atoms with E-state index in [1.165, 1.54) is 22.4 Å². The summed E-state index contributed by atoms with van der Waals surface area (Å²) in [4.78, 5) is 4.76. The molecule has 2 aromatic heterocycles. The monoisotopic (exact) mass is 314 g/mol. The molecule has 3 rings (SSSR count). The van der Waals surface area contributed by atoms with Crippen LogP contribution in [0.25, 0.3) is 16.9 Å². The van der Waals surface area contributed by atoms with Gasteiger partial charge in [-0.1, -0.05) is 29.8 Å². The van der Waals surface area contributed by atoms with Gasteiger partial charge in [0.1, 0.15) is 5.65 Å². The second kappa shape index (κ2) is 4.49. The van der Waals surface area contributed by atoms with Crippen LogP contribution in [-0.4, -0.2) is 9.38 Å². The van der Waals surface area contributed by atoms with Crippen LogP contribution < -0.4 is 0 Å². The van der Waals surface area contributed by atoms with Gasteiger partial charge >= 0.3 is 0 Å². The van der Waals surface area contributed by atoms with Crippen molar-refractivity contribution in [3.63, 3.8) is 0 Å². The lowest BCUT2D eigenvalue weighted by Gasteiger charge is -2.02. The lowest BCUT2D eigenvalue weighted by Crippen LogP contribution is -1.89. The van der Waals surface area contributed by atoms with Crippen molar-refractivity contribution in [3.8, 4) is 11.3 Å². The molecule has 0 fully saturated rings. The average Bonchev–Trinajstić information content (AvgIpc) is 2.69. The largest absolute Gasteiger partial charge is 0.303 e. The van der Waals surface area contributed by atoms with Crippen molar-refractivity contribution in [1.82, 2.24) is 9.38 Å². The Morgan fingerprint density at radius 2 is 1.74 bits per heavy atom. The van der Waals surface area contributed by atoms with Crippen LogP contribution in [-0.2, 0) is 0 Å². The Morgan fingerprint density at radius 1 is 1.05 bits per heavy atom. The summed E-state index contributed by atoms with van der Waals surface area (Å²) in [6.45, 7) is 6.29. The van der Waals surface area contributed by atoms with E-state index in [9.17, 15) is 0 Å². The third-order valence-corrected chi connectivity index (χ3v) is 4.30. The standard InChI is InChI=1S/C16H15BrN2/c1-10-4-6-13(7-5-10)16-12(3)19-9-14(17)11(2)8-15(19)18-16/h4-9H,1-3H3. The molecule has 2 nitrogen and oxygen atoms in total. The van der Waals surface area contributed by atoms with Gasteiger partial charge in [0.05, 0.1) is 5.69 Å². The molecule has 1 aromatic carbocycles. The lowest BCUT2D eigenvalue weighted by atomic mass is 10.1. The molecule has 3 heteroatoms. The van der Waals surface area contributed by atoms with Gasteiger partial charge in [-0.05, 0) is 48.3 Å². The second-order valence-electron chi connectivity index (χ2n) is 4.94.